The van der Waals surface area contributed by atoms with E-state index in [9.17, 15) is 50.7 Å². The number of carbonyl (C=O) groups excluding carboxylic acids is 5. The normalized spacial score (nSPS) is 28.4. The van der Waals surface area contributed by atoms with Gasteiger partial charge in [0, 0.05) is 13.1 Å². The number of carboxylic acid groups (broad SMARTS) is 1. The Morgan fingerprint density at radius 1 is 0.623 bits per heavy atom. The molecule has 378 valence electrons. The first-order chi connectivity index (χ1) is 33.0. The molecule has 2 aromatic carbocycles. The van der Waals surface area contributed by atoms with Crippen molar-refractivity contribution in [3.05, 3.63) is 59.7 Å². The number of esters is 1. The van der Waals surface area contributed by atoms with E-state index in [2.05, 4.69) is 10.6 Å². The summed E-state index contributed by atoms with van der Waals surface area (Å²) in [6.45, 7) is 0.127. The van der Waals surface area contributed by atoms with Crippen LogP contribution in [0.5, 0.6) is 11.5 Å². The number of carbonyl (C=O) groups is 6. The average Bonchev–Trinajstić information content (AvgIpc) is 4.01. The number of nitrogens with one attached hydrogen (secondary N) is 2. The van der Waals surface area contributed by atoms with Crippen molar-refractivity contribution in [1.29, 1.82) is 0 Å². The van der Waals surface area contributed by atoms with Crippen LogP contribution in [0.1, 0.15) is 101 Å². The van der Waals surface area contributed by atoms with E-state index in [1.54, 1.807) is 42.5 Å². The number of nitrogens with zero attached hydrogens (tertiary/aromatic N) is 2. The second-order valence-corrected chi connectivity index (χ2v) is 24.1. The number of ether oxygens (including phenoxy) is 3. The minimum absolute atomic E-state index is 0.00624. The Kier molecular flexibility index (Phi) is 17.3. The lowest BCUT2D eigenvalue weighted by molar-refractivity contribution is -0.152. The van der Waals surface area contributed by atoms with Crippen LogP contribution in [0.15, 0.2) is 48.5 Å². The highest BCUT2D eigenvalue weighted by atomic mass is 32.2. The zero-order valence-corrected chi connectivity index (χ0v) is 40.9. The lowest BCUT2D eigenvalue weighted by Crippen LogP contribution is -2.55. The predicted molar refractivity (Wildman–Crippen MR) is 253 cm³/mol. The Morgan fingerprint density at radius 2 is 1.04 bits per heavy atom. The monoisotopic (exact) mass is 998 g/mol. The fourth-order valence-electron chi connectivity index (χ4n) is 10.8. The second kappa shape index (κ2) is 23.1. The molecule has 0 aromatic heterocycles. The van der Waals surface area contributed by atoms with Crippen molar-refractivity contribution in [2.75, 3.05) is 44.9 Å². The minimum Gasteiger partial charge on any atom is -0.494 e. The molecule has 8 bridgehead atoms. The molecule has 3 N–H and O–H groups in total. The molecule has 2 saturated carbocycles. The van der Waals surface area contributed by atoms with E-state index in [1.807, 2.05) is 6.07 Å². The summed E-state index contributed by atoms with van der Waals surface area (Å²) in [5.41, 5.74) is 1.46. The maximum Gasteiger partial charge on any atom is 0.328 e. The molecule has 4 heterocycles. The molecule has 2 aromatic rings. The number of benzene rings is 2. The van der Waals surface area contributed by atoms with E-state index in [1.165, 1.54) is 16.9 Å². The summed E-state index contributed by atoms with van der Waals surface area (Å²) in [5.74, 6) is -2.68. The van der Waals surface area contributed by atoms with Crippen LogP contribution in [-0.4, -0.2) is 147 Å². The smallest absolute Gasteiger partial charge is 0.328 e. The number of hydrogen-bond acceptors (Lipinski definition) is 13. The van der Waals surface area contributed by atoms with Gasteiger partial charge in [0.05, 0.1) is 55.2 Å². The third-order valence-electron chi connectivity index (χ3n) is 14.5. The third-order valence-corrected chi connectivity index (χ3v) is 18.9. The molecule has 2 aliphatic carbocycles. The van der Waals surface area contributed by atoms with E-state index < -0.39 is 78.1 Å². The van der Waals surface area contributed by atoms with Gasteiger partial charge in [-0.05, 0) is 98.6 Å². The number of methoxy groups -OCH3 is 1. The Labute approximate surface area is 404 Å². The van der Waals surface area contributed by atoms with Gasteiger partial charge in [-0.3, -0.25) is 19.2 Å². The maximum absolute atomic E-state index is 13.8. The quantitative estimate of drug-likeness (QED) is 0.373. The van der Waals surface area contributed by atoms with E-state index in [0.717, 1.165) is 69.8 Å². The van der Waals surface area contributed by atoms with Gasteiger partial charge >= 0.3 is 11.9 Å². The number of fused-ring (bicyclic) bond motifs is 8. The molecule has 0 spiro atoms. The summed E-state index contributed by atoms with van der Waals surface area (Å²) in [6.07, 6.45) is 9.55. The van der Waals surface area contributed by atoms with Crippen molar-refractivity contribution in [2.45, 2.75) is 137 Å². The Hall–Kier alpha value is -5.24. The van der Waals surface area contributed by atoms with Crippen LogP contribution in [0.25, 0.3) is 0 Å². The molecule has 0 radical (unpaired) electrons. The molecule has 69 heavy (non-hydrogen) atoms. The molecule has 4 fully saturated rings. The molecule has 18 nitrogen and oxygen atoms in total. The molecule has 2 saturated heterocycles. The number of hydrogen-bond donors (Lipinski definition) is 3. The number of sulfone groups is 2. The fourth-order valence-corrected chi connectivity index (χ4v) is 14.2. The number of carboxylic acids is 1. The average molecular weight is 999 g/mol. The van der Waals surface area contributed by atoms with Crippen molar-refractivity contribution in [1.82, 2.24) is 20.4 Å². The van der Waals surface area contributed by atoms with Crippen molar-refractivity contribution >= 4 is 55.2 Å². The molecule has 4 amide bonds. The van der Waals surface area contributed by atoms with Gasteiger partial charge in [0.25, 0.3) is 0 Å². The molecule has 4 aliphatic heterocycles. The van der Waals surface area contributed by atoms with Gasteiger partial charge in [0.15, 0.2) is 19.7 Å². The number of amides is 4. The molecular weight excluding hydrogens is 933 g/mol. The topological polar surface area (TPSA) is 249 Å². The first-order valence-electron chi connectivity index (χ1n) is 24.4. The van der Waals surface area contributed by atoms with Gasteiger partial charge in [-0.15, -0.1) is 0 Å². The first kappa shape index (κ1) is 51.6. The van der Waals surface area contributed by atoms with Crippen LogP contribution in [0, 0.1) is 11.8 Å². The van der Waals surface area contributed by atoms with Gasteiger partial charge < -0.3 is 39.8 Å². The molecular formula is C49H66N4O14S2. The fraction of sp³-hybridized carbons (Fsp3) is 0.633. The van der Waals surface area contributed by atoms with Crippen LogP contribution in [0.2, 0.25) is 0 Å². The third kappa shape index (κ3) is 13.1. The second-order valence-electron chi connectivity index (χ2n) is 19.3. The standard InChI is InChI=1S/C25H34N2O7S.C24H32N2O7S/c1-33-25(30)21-15-20-16-27(21)24(29)23(18-8-3-2-4-9-18)26-22(28)14-17-7-5-10-19(13-17)34-11-6-12-35(20,31)32;27-21-13-16-6-4-9-18(12-16)33-10-5-11-34(31,32)19-14-20(24(29)30)26(15-19)23(28)22(25-21)17-7-2-1-3-8-17/h5,7,10,13,18,20-21,23H,2-4,6,8-9,11-12,14-16H2,1H3,(H,26,28);4,6,9,12,17,19-20,22H,1-3,5,7-8,10-11,13-15H2,(H,25,27)(H,29,30)/t20-,21+,23+;19-,20+,22+/m11/s1. The van der Waals surface area contributed by atoms with Crippen molar-refractivity contribution in [2.24, 2.45) is 11.8 Å². The van der Waals surface area contributed by atoms with Crippen molar-refractivity contribution < 1.29 is 64.9 Å². The summed E-state index contributed by atoms with van der Waals surface area (Å²) in [7, 11) is -5.99. The van der Waals surface area contributed by atoms with Gasteiger partial charge in [-0.2, -0.15) is 0 Å². The Balaban J connectivity index is 0.000000204. The van der Waals surface area contributed by atoms with Gasteiger partial charge in [0.2, 0.25) is 23.6 Å². The van der Waals surface area contributed by atoms with Crippen LogP contribution in [0.3, 0.4) is 0 Å². The van der Waals surface area contributed by atoms with Gasteiger partial charge in [0.1, 0.15) is 35.7 Å². The zero-order chi connectivity index (χ0) is 49.3. The van der Waals surface area contributed by atoms with Crippen LogP contribution in [-0.2, 0) is 66.0 Å². The summed E-state index contributed by atoms with van der Waals surface area (Å²) in [6, 6.07) is 10.3. The maximum atomic E-state index is 13.8. The summed E-state index contributed by atoms with van der Waals surface area (Å²) in [5, 5.41) is 13.8. The molecule has 6 aliphatic rings. The minimum atomic E-state index is -3.63. The summed E-state index contributed by atoms with van der Waals surface area (Å²) >= 11 is 0. The van der Waals surface area contributed by atoms with Crippen LogP contribution in [0.4, 0.5) is 0 Å². The van der Waals surface area contributed by atoms with Gasteiger partial charge in [-0.1, -0.05) is 62.8 Å². The number of aliphatic carboxylic acids is 1. The highest BCUT2D eigenvalue weighted by Gasteiger charge is 2.49. The van der Waals surface area contributed by atoms with E-state index in [4.69, 9.17) is 14.2 Å². The van der Waals surface area contributed by atoms with Gasteiger partial charge in [-0.25, -0.2) is 26.4 Å². The van der Waals surface area contributed by atoms with Crippen molar-refractivity contribution in [3.63, 3.8) is 0 Å². The zero-order valence-electron chi connectivity index (χ0n) is 39.3. The van der Waals surface area contributed by atoms with E-state index in [-0.39, 0.29) is 100.0 Å². The van der Waals surface area contributed by atoms with Crippen LogP contribution >= 0.6 is 0 Å². The lowest BCUT2D eigenvalue weighted by Gasteiger charge is -2.34. The van der Waals surface area contributed by atoms with Crippen molar-refractivity contribution in [3.8, 4) is 11.5 Å². The molecule has 6 atom stereocenters. The van der Waals surface area contributed by atoms with Crippen LogP contribution < -0.4 is 20.1 Å². The largest absolute Gasteiger partial charge is 0.494 e. The highest BCUT2D eigenvalue weighted by Crippen LogP contribution is 2.34. The predicted octanol–water partition coefficient (Wildman–Crippen LogP) is 3.18. The van der Waals surface area contributed by atoms with E-state index in [0.29, 0.717) is 17.1 Å². The molecule has 0 unspecified atom stereocenters. The first-order valence-corrected chi connectivity index (χ1v) is 27.8. The SMILES string of the molecule is COC(=O)[C@@H]1C[C@@H]2CN1C(=O)[C@H](C1CCCCC1)NC(=O)Cc1cccc(c1)OCCCS2(=O)=O.O=C1Cc2cccc(c2)OCCCS(=O)(=O)[C@@H]2C[C@@H](C(=O)O)N(C2)C(=O)[C@H](C2CCCCC2)N1. The molecule has 20 heteroatoms. The Morgan fingerprint density at radius 3 is 1.46 bits per heavy atom. The number of rotatable bonds is 4. The summed E-state index contributed by atoms with van der Waals surface area (Å²) in [4.78, 5) is 80.6. The Bertz CT molecular complexity index is 2420. The molecule has 8 rings (SSSR count). The summed E-state index contributed by atoms with van der Waals surface area (Å²) < 4.78 is 68.5. The highest BCUT2D eigenvalue weighted by molar-refractivity contribution is 7.92. The van der Waals surface area contributed by atoms with E-state index >= 15 is 0 Å². The lowest BCUT2D eigenvalue weighted by atomic mass is 9.83.